The van der Waals surface area contributed by atoms with Gasteiger partial charge in [-0.3, -0.25) is 4.79 Å². The summed E-state index contributed by atoms with van der Waals surface area (Å²) in [6.07, 6.45) is 0. The zero-order valence-electron chi connectivity index (χ0n) is 13.1. The first-order valence-electron chi connectivity index (χ1n) is 7.29. The van der Waals surface area contributed by atoms with Crippen LogP contribution in [0.1, 0.15) is 0 Å². The van der Waals surface area contributed by atoms with E-state index in [4.69, 9.17) is 32.7 Å². The maximum absolute atomic E-state index is 12.0. The molecule has 0 bridgehead atoms. The van der Waals surface area contributed by atoms with E-state index in [0.717, 1.165) is 11.4 Å². The number of carbonyl (C=O) groups is 1. The molecule has 0 aliphatic heterocycles. The van der Waals surface area contributed by atoms with Crippen molar-refractivity contribution in [2.45, 2.75) is 0 Å². The van der Waals surface area contributed by atoms with E-state index in [9.17, 15) is 4.79 Å². The van der Waals surface area contributed by atoms with Crippen molar-refractivity contribution in [3.05, 3.63) is 52.5 Å². The van der Waals surface area contributed by atoms with Crippen LogP contribution in [0.4, 0.5) is 11.4 Å². The fourth-order valence-corrected chi connectivity index (χ4v) is 2.22. The summed E-state index contributed by atoms with van der Waals surface area (Å²) < 4.78 is 10.4. The number of hydrogen-bond acceptors (Lipinski definition) is 4. The van der Waals surface area contributed by atoms with Crippen LogP contribution in [0.5, 0.6) is 5.75 Å². The van der Waals surface area contributed by atoms with Crippen LogP contribution >= 0.6 is 23.2 Å². The third-order valence-corrected chi connectivity index (χ3v) is 3.63. The molecule has 0 radical (unpaired) electrons. The summed E-state index contributed by atoms with van der Waals surface area (Å²) in [5.41, 5.74) is 1.29. The van der Waals surface area contributed by atoms with Gasteiger partial charge in [-0.2, -0.15) is 0 Å². The first-order chi connectivity index (χ1) is 11.6. The molecule has 2 rings (SSSR count). The van der Waals surface area contributed by atoms with Gasteiger partial charge in [0.25, 0.3) is 0 Å². The molecule has 0 unspecified atom stereocenters. The molecule has 2 N–H and O–H groups in total. The average molecular weight is 369 g/mol. The van der Waals surface area contributed by atoms with Crippen LogP contribution in [0.15, 0.2) is 42.5 Å². The lowest BCUT2D eigenvalue weighted by Crippen LogP contribution is -2.21. The largest absolute Gasteiger partial charge is 0.491 e. The van der Waals surface area contributed by atoms with Gasteiger partial charge in [0.1, 0.15) is 12.4 Å². The SMILES string of the molecule is COCCOc1ccc(NCC(=O)Nc2cc(Cl)ccc2Cl)cc1. The highest BCUT2D eigenvalue weighted by Crippen LogP contribution is 2.25. The van der Waals surface area contributed by atoms with Crippen molar-refractivity contribution >= 4 is 40.5 Å². The number of methoxy groups -OCH3 is 1. The summed E-state index contributed by atoms with van der Waals surface area (Å²) in [4.78, 5) is 12.0. The molecule has 0 saturated heterocycles. The Kier molecular flexibility index (Phi) is 7.18. The van der Waals surface area contributed by atoms with E-state index < -0.39 is 0 Å². The lowest BCUT2D eigenvalue weighted by molar-refractivity contribution is -0.114. The second-order valence-electron chi connectivity index (χ2n) is 4.89. The van der Waals surface area contributed by atoms with Gasteiger partial charge in [-0.25, -0.2) is 0 Å². The number of nitrogens with one attached hydrogen (secondary N) is 2. The Labute approximate surface area is 150 Å². The van der Waals surface area contributed by atoms with Crippen LogP contribution in [-0.4, -0.2) is 32.8 Å². The summed E-state index contributed by atoms with van der Waals surface area (Å²) >= 11 is 11.9. The molecule has 1 amide bonds. The lowest BCUT2D eigenvalue weighted by atomic mass is 10.3. The van der Waals surface area contributed by atoms with Crippen molar-refractivity contribution in [1.82, 2.24) is 0 Å². The van der Waals surface area contributed by atoms with Crippen molar-refractivity contribution in [2.24, 2.45) is 0 Å². The summed E-state index contributed by atoms with van der Waals surface area (Å²) in [5, 5.41) is 6.68. The highest BCUT2D eigenvalue weighted by molar-refractivity contribution is 6.35. The molecule has 0 spiro atoms. The second kappa shape index (κ2) is 9.37. The molecule has 0 aromatic heterocycles. The number of anilines is 2. The van der Waals surface area contributed by atoms with Gasteiger partial charge in [0.05, 0.1) is 23.9 Å². The van der Waals surface area contributed by atoms with Gasteiger partial charge in [0.15, 0.2) is 0 Å². The number of ether oxygens (including phenoxy) is 2. The summed E-state index contributed by atoms with van der Waals surface area (Å²) in [6.45, 7) is 1.13. The number of halogens is 2. The summed E-state index contributed by atoms with van der Waals surface area (Å²) in [5.74, 6) is 0.521. The predicted octanol–water partition coefficient (Wildman–Crippen LogP) is 4.07. The molecule has 0 aliphatic carbocycles. The van der Waals surface area contributed by atoms with Crippen LogP contribution in [0, 0.1) is 0 Å². The topological polar surface area (TPSA) is 59.6 Å². The van der Waals surface area contributed by atoms with Crippen LogP contribution < -0.4 is 15.4 Å². The molecule has 0 atom stereocenters. The first-order valence-corrected chi connectivity index (χ1v) is 8.04. The number of hydrogen-bond donors (Lipinski definition) is 2. The Balaban J connectivity index is 1.82. The lowest BCUT2D eigenvalue weighted by Gasteiger charge is -2.10. The Morgan fingerprint density at radius 1 is 1.08 bits per heavy atom. The van der Waals surface area contributed by atoms with E-state index in [1.807, 2.05) is 24.3 Å². The standard InChI is InChI=1S/C17H18Cl2N2O3/c1-23-8-9-24-14-5-3-13(4-6-14)20-11-17(22)21-16-10-12(18)2-7-15(16)19/h2-7,10,20H,8-9,11H2,1H3,(H,21,22). The van der Waals surface area contributed by atoms with Crippen LogP contribution in [0.2, 0.25) is 10.0 Å². The summed E-state index contributed by atoms with van der Waals surface area (Å²) in [6, 6.07) is 12.2. The van der Waals surface area contributed by atoms with E-state index in [-0.39, 0.29) is 12.5 Å². The number of carbonyl (C=O) groups excluding carboxylic acids is 1. The second-order valence-corrected chi connectivity index (χ2v) is 5.74. The molecular formula is C17H18Cl2N2O3. The predicted molar refractivity (Wildman–Crippen MR) is 97.4 cm³/mol. The van der Waals surface area contributed by atoms with Gasteiger partial charge < -0.3 is 20.1 Å². The number of amides is 1. The fraction of sp³-hybridized carbons (Fsp3) is 0.235. The average Bonchev–Trinajstić information content (AvgIpc) is 2.58. The zero-order valence-corrected chi connectivity index (χ0v) is 14.7. The highest BCUT2D eigenvalue weighted by atomic mass is 35.5. The minimum Gasteiger partial charge on any atom is -0.491 e. The normalized spacial score (nSPS) is 10.3. The molecule has 7 heteroatoms. The Bertz CT molecular complexity index is 678. The van der Waals surface area contributed by atoms with Crippen molar-refractivity contribution in [3.8, 4) is 5.75 Å². The van der Waals surface area contributed by atoms with Crippen LogP contribution in [0.3, 0.4) is 0 Å². The minimum atomic E-state index is -0.223. The Morgan fingerprint density at radius 3 is 2.54 bits per heavy atom. The highest BCUT2D eigenvalue weighted by Gasteiger charge is 2.06. The first kappa shape index (κ1) is 18.4. The van der Waals surface area contributed by atoms with E-state index >= 15 is 0 Å². The van der Waals surface area contributed by atoms with Crippen molar-refractivity contribution in [3.63, 3.8) is 0 Å². The molecule has 5 nitrogen and oxygen atoms in total. The molecule has 128 valence electrons. The van der Waals surface area contributed by atoms with Crippen molar-refractivity contribution in [2.75, 3.05) is 37.5 Å². The third kappa shape index (κ3) is 5.92. The Morgan fingerprint density at radius 2 is 1.83 bits per heavy atom. The van der Waals surface area contributed by atoms with Gasteiger partial charge in [-0.15, -0.1) is 0 Å². The molecule has 2 aromatic rings. The smallest absolute Gasteiger partial charge is 0.243 e. The van der Waals surface area contributed by atoms with Gasteiger partial charge in [-0.05, 0) is 42.5 Å². The molecule has 0 heterocycles. The zero-order chi connectivity index (χ0) is 17.4. The molecule has 0 fully saturated rings. The maximum atomic E-state index is 12.0. The number of benzene rings is 2. The molecule has 0 aliphatic rings. The van der Waals surface area contributed by atoms with Gasteiger partial charge in [-0.1, -0.05) is 23.2 Å². The molecular weight excluding hydrogens is 351 g/mol. The number of rotatable bonds is 8. The fourth-order valence-electron chi connectivity index (χ4n) is 1.88. The third-order valence-electron chi connectivity index (χ3n) is 3.07. The minimum absolute atomic E-state index is 0.104. The molecule has 0 saturated carbocycles. The maximum Gasteiger partial charge on any atom is 0.243 e. The quantitative estimate of drug-likeness (QED) is 0.689. The monoisotopic (exact) mass is 368 g/mol. The van der Waals surface area contributed by atoms with Crippen molar-refractivity contribution < 1.29 is 14.3 Å². The van der Waals surface area contributed by atoms with Gasteiger partial charge in [0, 0.05) is 17.8 Å². The van der Waals surface area contributed by atoms with E-state index in [1.54, 1.807) is 25.3 Å². The Hall–Kier alpha value is -1.95. The molecule has 2 aromatic carbocycles. The van der Waals surface area contributed by atoms with Crippen LogP contribution in [-0.2, 0) is 9.53 Å². The van der Waals surface area contributed by atoms with E-state index in [0.29, 0.717) is 28.9 Å². The van der Waals surface area contributed by atoms with E-state index in [2.05, 4.69) is 10.6 Å². The van der Waals surface area contributed by atoms with E-state index in [1.165, 1.54) is 0 Å². The van der Waals surface area contributed by atoms with Gasteiger partial charge in [0.2, 0.25) is 5.91 Å². The van der Waals surface area contributed by atoms with Crippen LogP contribution in [0.25, 0.3) is 0 Å². The summed E-state index contributed by atoms with van der Waals surface area (Å²) in [7, 11) is 1.62. The van der Waals surface area contributed by atoms with Gasteiger partial charge >= 0.3 is 0 Å². The van der Waals surface area contributed by atoms with Crippen molar-refractivity contribution in [1.29, 1.82) is 0 Å². The molecule has 24 heavy (non-hydrogen) atoms.